The second kappa shape index (κ2) is 5.54. The Morgan fingerprint density at radius 1 is 1.62 bits per heavy atom. The molecule has 0 fully saturated rings. The molecule has 0 aliphatic heterocycles. The fourth-order valence-corrected chi connectivity index (χ4v) is 5.22. The third-order valence-electron chi connectivity index (χ3n) is 1.80. The molecule has 0 aliphatic carbocycles. The zero-order chi connectivity index (χ0) is 12.5. The van der Waals surface area contributed by atoms with Crippen molar-refractivity contribution in [2.75, 3.05) is 13.6 Å². The van der Waals surface area contributed by atoms with Crippen LogP contribution in [0.2, 0.25) is 5.02 Å². The third kappa shape index (κ3) is 3.34. The second-order valence-corrected chi connectivity index (χ2v) is 9.05. The number of nitrogens with zero attached hydrogens (tertiary/aromatic N) is 1. The zero-order valence-corrected chi connectivity index (χ0v) is 13.3. The van der Waals surface area contributed by atoms with Gasteiger partial charge in [0.25, 0.3) is 10.0 Å². The van der Waals surface area contributed by atoms with Gasteiger partial charge >= 0.3 is 0 Å². The van der Waals surface area contributed by atoms with E-state index in [1.807, 2.05) is 0 Å². The predicted octanol–water partition coefficient (Wildman–Crippen LogP) is 3.41. The monoisotopic (exact) mass is 365 g/mol. The van der Waals surface area contributed by atoms with Crippen molar-refractivity contribution in [3.8, 4) is 0 Å². The van der Waals surface area contributed by atoms with E-state index in [1.54, 1.807) is 6.92 Å². The topological polar surface area (TPSA) is 37.4 Å². The van der Waals surface area contributed by atoms with E-state index in [1.165, 1.54) is 17.4 Å². The Hall–Kier alpha value is 0.670. The van der Waals surface area contributed by atoms with Crippen LogP contribution < -0.4 is 0 Å². The Bertz CT molecular complexity index is 453. The summed E-state index contributed by atoms with van der Waals surface area (Å²) in [6.45, 7) is 2.00. The molecule has 0 aliphatic rings. The van der Waals surface area contributed by atoms with Crippen molar-refractivity contribution >= 4 is 60.5 Å². The van der Waals surface area contributed by atoms with E-state index in [-0.39, 0.29) is 16.1 Å². The van der Waals surface area contributed by atoms with Crippen molar-refractivity contribution in [3.63, 3.8) is 0 Å². The quantitative estimate of drug-likeness (QED) is 0.765. The molecule has 1 unspecified atom stereocenters. The Kier molecular flexibility index (Phi) is 5.10. The van der Waals surface area contributed by atoms with Crippen LogP contribution in [0, 0.1) is 0 Å². The van der Waals surface area contributed by atoms with Gasteiger partial charge < -0.3 is 0 Å². The van der Waals surface area contributed by atoms with Gasteiger partial charge in [-0.2, -0.15) is 4.31 Å². The van der Waals surface area contributed by atoms with Gasteiger partial charge in [-0.25, -0.2) is 8.42 Å². The highest BCUT2D eigenvalue weighted by Crippen LogP contribution is 2.35. The summed E-state index contributed by atoms with van der Waals surface area (Å²) in [6, 6.07) is 1.43. The number of sulfonamides is 1. The van der Waals surface area contributed by atoms with Gasteiger partial charge in [-0.3, -0.25) is 0 Å². The van der Waals surface area contributed by atoms with Gasteiger partial charge in [0.15, 0.2) is 0 Å². The Morgan fingerprint density at radius 3 is 2.56 bits per heavy atom. The highest BCUT2D eigenvalue weighted by Gasteiger charge is 2.24. The molecule has 0 saturated carbocycles. The lowest BCUT2D eigenvalue weighted by molar-refractivity contribution is 0.472. The lowest BCUT2D eigenvalue weighted by atomic mass is 10.5. The minimum Gasteiger partial charge on any atom is -0.206 e. The first-order chi connectivity index (χ1) is 7.25. The van der Waals surface area contributed by atoms with Crippen LogP contribution in [-0.4, -0.2) is 31.7 Å². The zero-order valence-electron chi connectivity index (χ0n) is 8.58. The number of hydrogen-bond acceptors (Lipinski definition) is 3. The lowest BCUT2D eigenvalue weighted by Crippen LogP contribution is -2.30. The molecule has 1 heterocycles. The number of rotatable bonds is 4. The normalized spacial score (nSPS) is 14.4. The maximum Gasteiger partial charge on any atom is 0.252 e. The van der Waals surface area contributed by atoms with Gasteiger partial charge in [-0.05, 0) is 28.9 Å². The van der Waals surface area contributed by atoms with Crippen LogP contribution >= 0.6 is 50.5 Å². The van der Waals surface area contributed by atoms with Crippen LogP contribution in [0.1, 0.15) is 6.92 Å². The number of thiophene rings is 1. The molecule has 1 aromatic rings. The molecule has 0 N–H and O–H groups in total. The van der Waals surface area contributed by atoms with Gasteiger partial charge in [0.1, 0.15) is 4.21 Å². The number of hydrogen-bond donors (Lipinski definition) is 0. The summed E-state index contributed by atoms with van der Waals surface area (Å²) in [4.78, 5) is 0. The summed E-state index contributed by atoms with van der Waals surface area (Å²) in [6.07, 6.45) is 0. The van der Waals surface area contributed by atoms with Gasteiger partial charge in [-0.1, -0.05) is 11.6 Å². The van der Waals surface area contributed by atoms with E-state index in [4.69, 9.17) is 23.2 Å². The molecule has 0 aromatic carbocycles. The molecule has 16 heavy (non-hydrogen) atoms. The van der Waals surface area contributed by atoms with E-state index in [2.05, 4.69) is 15.9 Å². The van der Waals surface area contributed by atoms with Crippen LogP contribution in [0.5, 0.6) is 0 Å². The molecule has 92 valence electrons. The minimum absolute atomic E-state index is 0.212. The van der Waals surface area contributed by atoms with Crippen LogP contribution in [-0.2, 0) is 10.0 Å². The van der Waals surface area contributed by atoms with Crippen molar-refractivity contribution in [2.24, 2.45) is 0 Å². The molecular formula is C8H10BrCl2NO2S2. The van der Waals surface area contributed by atoms with Gasteiger partial charge in [-0.15, -0.1) is 22.9 Å². The van der Waals surface area contributed by atoms with Crippen molar-refractivity contribution < 1.29 is 8.42 Å². The molecule has 3 nitrogen and oxygen atoms in total. The van der Waals surface area contributed by atoms with Crippen LogP contribution in [0.15, 0.2) is 14.1 Å². The fraction of sp³-hybridized carbons (Fsp3) is 0.500. The first-order valence-corrected chi connectivity index (χ1v) is 8.16. The smallest absolute Gasteiger partial charge is 0.206 e. The van der Waals surface area contributed by atoms with Crippen molar-refractivity contribution in [2.45, 2.75) is 16.5 Å². The van der Waals surface area contributed by atoms with Crippen LogP contribution in [0.3, 0.4) is 0 Å². The summed E-state index contributed by atoms with van der Waals surface area (Å²) in [5.74, 6) is 0. The number of alkyl halides is 1. The Morgan fingerprint density at radius 2 is 2.19 bits per heavy atom. The van der Waals surface area contributed by atoms with Crippen LogP contribution in [0.4, 0.5) is 0 Å². The van der Waals surface area contributed by atoms with Crippen molar-refractivity contribution in [3.05, 3.63) is 14.9 Å². The van der Waals surface area contributed by atoms with Crippen molar-refractivity contribution in [1.29, 1.82) is 0 Å². The molecule has 0 spiro atoms. The SMILES string of the molecule is CC(Cl)CN(C)S(=O)(=O)c1cc(Cl)c(Br)s1. The first-order valence-electron chi connectivity index (χ1n) is 4.30. The maximum atomic E-state index is 12.0. The second-order valence-electron chi connectivity index (χ2n) is 3.25. The molecule has 0 saturated heterocycles. The van der Waals surface area contributed by atoms with E-state index in [9.17, 15) is 8.42 Å². The summed E-state index contributed by atoms with van der Waals surface area (Å²) < 4.78 is 26.1. The van der Waals surface area contributed by atoms with E-state index < -0.39 is 10.0 Å². The third-order valence-corrected chi connectivity index (χ3v) is 6.68. The molecule has 8 heteroatoms. The van der Waals surface area contributed by atoms with Gasteiger partial charge in [0.05, 0.1) is 8.81 Å². The summed E-state index contributed by atoms with van der Waals surface area (Å²) in [5, 5.41) is 0.162. The fourth-order valence-electron chi connectivity index (χ4n) is 1.06. The lowest BCUT2D eigenvalue weighted by Gasteiger charge is -2.16. The highest BCUT2D eigenvalue weighted by atomic mass is 79.9. The first kappa shape index (κ1) is 14.7. The van der Waals surface area contributed by atoms with Crippen molar-refractivity contribution in [1.82, 2.24) is 4.31 Å². The highest BCUT2D eigenvalue weighted by molar-refractivity contribution is 9.11. The maximum absolute atomic E-state index is 12.0. The summed E-state index contributed by atoms with van der Waals surface area (Å²) in [7, 11) is -1.99. The molecule has 1 aromatic heterocycles. The Labute approximate surface area is 118 Å². The van der Waals surface area contributed by atoms with E-state index in [0.29, 0.717) is 8.81 Å². The molecule has 0 radical (unpaired) electrons. The Balaban J connectivity index is 3.02. The van der Waals surface area contributed by atoms with Gasteiger partial charge in [0, 0.05) is 19.0 Å². The molecule has 1 atom stereocenters. The average Bonchev–Trinajstić information content (AvgIpc) is 2.46. The molecule has 0 amide bonds. The van der Waals surface area contributed by atoms with Crippen LogP contribution in [0.25, 0.3) is 0 Å². The largest absolute Gasteiger partial charge is 0.252 e. The number of halogens is 3. The average molecular weight is 367 g/mol. The summed E-state index contributed by atoms with van der Waals surface area (Å²) in [5.41, 5.74) is 0. The molecule has 1 rings (SSSR count). The van der Waals surface area contributed by atoms with Gasteiger partial charge in [0.2, 0.25) is 0 Å². The standard InChI is InChI=1S/C8H10BrCl2NO2S2/c1-5(10)4-12(2)16(13,14)7-3-6(11)8(9)15-7/h3,5H,4H2,1-2H3. The van der Waals surface area contributed by atoms with E-state index >= 15 is 0 Å². The molecule has 0 bridgehead atoms. The van der Waals surface area contributed by atoms with E-state index in [0.717, 1.165) is 11.3 Å². The minimum atomic E-state index is -3.48. The summed E-state index contributed by atoms with van der Waals surface area (Å²) >= 11 is 15.8. The predicted molar refractivity (Wildman–Crippen MR) is 72.2 cm³/mol. The molecular weight excluding hydrogens is 357 g/mol.